The van der Waals surface area contributed by atoms with E-state index in [1.54, 1.807) is 18.5 Å². The maximum absolute atomic E-state index is 12.7. The number of nitrogens with one attached hydrogen (secondary N) is 1. The van der Waals surface area contributed by atoms with E-state index in [0.29, 0.717) is 11.0 Å². The predicted molar refractivity (Wildman–Crippen MR) is 101 cm³/mol. The van der Waals surface area contributed by atoms with Crippen molar-refractivity contribution >= 4 is 28.5 Å². The smallest absolute Gasteiger partial charge is 0.273 e. The minimum atomic E-state index is -0.806. The molecule has 0 aliphatic rings. The molecule has 0 radical (unpaired) electrons. The molecule has 0 bridgehead atoms. The molecular formula is C18H20ClN5O2. The fourth-order valence-electron chi connectivity index (χ4n) is 2.36. The van der Waals surface area contributed by atoms with Crippen LogP contribution in [0.1, 0.15) is 25.0 Å². The Morgan fingerprint density at radius 2 is 2.00 bits per heavy atom. The number of aromatic nitrogens is 4. The van der Waals surface area contributed by atoms with Crippen LogP contribution in [0, 0.1) is 19.3 Å². The zero-order valence-corrected chi connectivity index (χ0v) is 15.8. The lowest BCUT2D eigenvalue weighted by molar-refractivity contribution is -0.124. The lowest BCUT2D eigenvalue weighted by Gasteiger charge is -2.20. The van der Waals surface area contributed by atoms with Gasteiger partial charge in [0.25, 0.3) is 5.56 Å². The quantitative estimate of drug-likeness (QED) is 0.712. The molecular weight excluding hydrogens is 354 g/mol. The number of benzene rings is 1. The van der Waals surface area contributed by atoms with Gasteiger partial charge < -0.3 is 0 Å². The van der Waals surface area contributed by atoms with E-state index in [1.165, 1.54) is 18.1 Å². The number of carbonyl (C=O) groups is 1. The molecule has 0 aliphatic carbocycles. The summed E-state index contributed by atoms with van der Waals surface area (Å²) < 4.78 is 2.67. The molecule has 0 spiro atoms. The van der Waals surface area contributed by atoms with Crippen molar-refractivity contribution in [1.82, 2.24) is 19.4 Å². The summed E-state index contributed by atoms with van der Waals surface area (Å²) in [7, 11) is 0. The van der Waals surface area contributed by atoms with Gasteiger partial charge in [0, 0.05) is 5.88 Å². The topological polar surface area (TPSA) is 81.8 Å². The lowest BCUT2D eigenvalue weighted by Crippen LogP contribution is -2.41. The third kappa shape index (κ3) is 3.10. The molecule has 0 saturated carbocycles. The second kappa shape index (κ2) is 6.57. The summed E-state index contributed by atoms with van der Waals surface area (Å²) >= 11 is 5.81. The number of nitrogens with zero attached hydrogens (tertiary/aromatic N) is 4. The Kier molecular flexibility index (Phi) is 4.58. The molecule has 1 N–H and O–H groups in total. The van der Waals surface area contributed by atoms with Crippen LogP contribution in [0.4, 0.5) is 0 Å². The van der Waals surface area contributed by atoms with E-state index >= 15 is 0 Å². The average Bonchev–Trinajstić information content (AvgIpc) is 3.04. The molecule has 0 aliphatic heterocycles. The van der Waals surface area contributed by atoms with E-state index in [1.807, 2.05) is 32.0 Å². The highest BCUT2D eigenvalue weighted by Gasteiger charge is 2.27. The first-order valence-electron chi connectivity index (χ1n) is 8.15. The van der Waals surface area contributed by atoms with E-state index in [0.717, 1.165) is 15.9 Å². The maximum Gasteiger partial charge on any atom is 0.283 e. The van der Waals surface area contributed by atoms with E-state index in [2.05, 4.69) is 15.5 Å². The second-order valence-electron chi connectivity index (χ2n) is 6.94. The van der Waals surface area contributed by atoms with Gasteiger partial charge in [-0.05, 0) is 51.0 Å². The molecule has 2 aromatic heterocycles. The number of hydrogen-bond acceptors (Lipinski definition) is 4. The summed E-state index contributed by atoms with van der Waals surface area (Å²) in [6.45, 7) is 7.44. The van der Waals surface area contributed by atoms with Gasteiger partial charge in [0.15, 0.2) is 5.65 Å². The van der Waals surface area contributed by atoms with Crippen LogP contribution in [0.5, 0.6) is 0 Å². The fraction of sp³-hybridized carbons (Fsp3) is 0.333. The highest BCUT2D eigenvalue weighted by atomic mass is 35.5. The molecule has 8 heteroatoms. The van der Waals surface area contributed by atoms with Crippen LogP contribution in [0.25, 0.3) is 16.7 Å². The molecule has 0 fully saturated rings. The van der Waals surface area contributed by atoms with Crippen LogP contribution in [0.2, 0.25) is 0 Å². The first-order valence-corrected chi connectivity index (χ1v) is 8.68. The molecule has 2 heterocycles. The van der Waals surface area contributed by atoms with Crippen molar-refractivity contribution in [3.05, 3.63) is 52.2 Å². The van der Waals surface area contributed by atoms with Gasteiger partial charge in [-0.1, -0.05) is 6.07 Å². The van der Waals surface area contributed by atoms with Crippen LogP contribution in [0.15, 0.2) is 35.5 Å². The van der Waals surface area contributed by atoms with E-state index in [-0.39, 0.29) is 11.8 Å². The third-order valence-corrected chi connectivity index (χ3v) is 5.06. The van der Waals surface area contributed by atoms with Crippen LogP contribution < -0.4 is 11.0 Å². The Morgan fingerprint density at radius 3 is 2.65 bits per heavy atom. The summed E-state index contributed by atoms with van der Waals surface area (Å²) in [6.07, 6.45) is 2.74. The number of carbonyl (C=O) groups excluding carboxylic acids is 1. The number of hydrogen-bond donors (Lipinski definition) is 1. The number of alkyl halides is 1. The van der Waals surface area contributed by atoms with Gasteiger partial charge in [-0.3, -0.25) is 15.0 Å². The highest BCUT2D eigenvalue weighted by Crippen LogP contribution is 2.18. The van der Waals surface area contributed by atoms with Crippen molar-refractivity contribution < 1.29 is 4.79 Å². The Hall–Kier alpha value is -2.67. The second-order valence-corrected chi connectivity index (χ2v) is 7.21. The summed E-state index contributed by atoms with van der Waals surface area (Å²) in [5.41, 5.74) is 4.88. The summed E-state index contributed by atoms with van der Waals surface area (Å²) in [4.78, 5) is 29.2. The van der Waals surface area contributed by atoms with Crippen LogP contribution >= 0.6 is 11.6 Å². The minimum absolute atomic E-state index is 0.133. The van der Waals surface area contributed by atoms with Crippen LogP contribution in [0.3, 0.4) is 0 Å². The highest BCUT2D eigenvalue weighted by molar-refractivity contribution is 6.20. The number of halogens is 1. The SMILES string of the molecule is Cc1ccc(-n2ncc3c(=O)n(NC(=O)C(C)(C)CCl)cnc32)cc1C. The van der Waals surface area contributed by atoms with Gasteiger partial charge in [-0.15, -0.1) is 11.6 Å². The van der Waals surface area contributed by atoms with Gasteiger partial charge in [0.1, 0.15) is 11.7 Å². The molecule has 136 valence electrons. The van der Waals surface area contributed by atoms with Crippen molar-refractivity contribution in [2.75, 3.05) is 11.3 Å². The molecule has 0 atom stereocenters. The molecule has 26 heavy (non-hydrogen) atoms. The van der Waals surface area contributed by atoms with E-state index in [9.17, 15) is 9.59 Å². The average molecular weight is 374 g/mol. The van der Waals surface area contributed by atoms with Crippen molar-refractivity contribution in [1.29, 1.82) is 0 Å². The van der Waals surface area contributed by atoms with Gasteiger partial charge >= 0.3 is 0 Å². The monoisotopic (exact) mass is 373 g/mol. The Morgan fingerprint density at radius 1 is 1.27 bits per heavy atom. The standard InChI is InChI=1S/C18H20ClN5O2/c1-11-5-6-13(7-12(11)2)24-15-14(8-21-24)16(25)23(10-20-15)22-17(26)18(3,4)9-19/h5-8,10H,9H2,1-4H3,(H,22,26). The van der Waals surface area contributed by atoms with Crippen molar-refractivity contribution in [3.63, 3.8) is 0 Å². The van der Waals surface area contributed by atoms with Gasteiger partial charge in [0.2, 0.25) is 5.91 Å². The first-order chi connectivity index (χ1) is 12.2. The van der Waals surface area contributed by atoms with Crippen LogP contribution in [-0.2, 0) is 4.79 Å². The normalized spacial score (nSPS) is 11.7. The van der Waals surface area contributed by atoms with Gasteiger partial charge in [-0.25, -0.2) is 14.3 Å². The molecule has 3 aromatic rings. The summed E-state index contributed by atoms with van der Waals surface area (Å²) in [6, 6.07) is 5.90. The zero-order chi connectivity index (χ0) is 19.1. The lowest BCUT2D eigenvalue weighted by atomic mass is 9.96. The largest absolute Gasteiger partial charge is 0.283 e. The van der Waals surface area contributed by atoms with Crippen molar-refractivity contribution in [2.45, 2.75) is 27.7 Å². The molecule has 3 rings (SSSR count). The Bertz CT molecular complexity index is 1050. The third-order valence-electron chi connectivity index (χ3n) is 4.39. The fourth-order valence-corrected chi connectivity index (χ4v) is 2.48. The van der Waals surface area contributed by atoms with E-state index in [4.69, 9.17) is 11.6 Å². The molecule has 0 unspecified atom stereocenters. The number of aryl methyl sites for hydroxylation is 2. The molecule has 0 saturated heterocycles. The Balaban J connectivity index is 2.03. The van der Waals surface area contributed by atoms with Crippen molar-refractivity contribution in [2.24, 2.45) is 5.41 Å². The molecule has 1 amide bonds. The van der Waals surface area contributed by atoms with Gasteiger partial charge in [-0.2, -0.15) is 5.10 Å². The maximum atomic E-state index is 12.7. The van der Waals surface area contributed by atoms with E-state index < -0.39 is 11.0 Å². The molecule has 7 nitrogen and oxygen atoms in total. The number of rotatable bonds is 4. The summed E-state index contributed by atoms with van der Waals surface area (Å²) in [5, 5.41) is 4.60. The number of amides is 1. The zero-order valence-electron chi connectivity index (χ0n) is 15.1. The number of fused-ring (bicyclic) bond motifs is 1. The first kappa shape index (κ1) is 18.1. The minimum Gasteiger partial charge on any atom is -0.273 e. The Labute approximate surface area is 155 Å². The molecule has 1 aromatic carbocycles. The van der Waals surface area contributed by atoms with Gasteiger partial charge in [0.05, 0.1) is 17.3 Å². The van der Waals surface area contributed by atoms with Crippen molar-refractivity contribution in [3.8, 4) is 5.69 Å². The van der Waals surface area contributed by atoms with Crippen LogP contribution in [-0.4, -0.2) is 31.2 Å². The predicted octanol–water partition coefficient (Wildman–Crippen LogP) is 2.53. The summed E-state index contributed by atoms with van der Waals surface area (Å²) in [5.74, 6) is -0.231.